The van der Waals surface area contributed by atoms with Gasteiger partial charge in [-0.3, -0.25) is 4.79 Å². The third-order valence-corrected chi connectivity index (χ3v) is 4.37. The quantitative estimate of drug-likeness (QED) is 0.721. The van der Waals surface area contributed by atoms with E-state index < -0.39 is 11.6 Å². The molecule has 132 valence electrons. The van der Waals surface area contributed by atoms with E-state index in [-0.39, 0.29) is 17.4 Å². The van der Waals surface area contributed by atoms with Crippen LogP contribution in [0.2, 0.25) is 0 Å². The van der Waals surface area contributed by atoms with Gasteiger partial charge in [-0.15, -0.1) is 0 Å². The summed E-state index contributed by atoms with van der Waals surface area (Å²) in [5.41, 5.74) is 1.21. The molecule has 0 radical (unpaired) electrons. The summed E-state index contributed by atoms with van der Waals surface area (Å²) >= 11 is 0. The Bertz CT molecular complexity index is 937. The molecule has 2 aromatic carbocycles. The molecule has 0 spiro atoms. The Hall–Kier alpha value is -3.09. The van der Waals surface area contributed by atoms with E-state index in [0.717, 1.165) is 17.7 Å². The first kappa shape index (κ1) is 16.4. The second-order valence-electron chi connectivity index (χ2n) is 6.25. The number of amides is 1. The average Bonchev–Trinajstić information content (AvgIpc) is 3.05. The molecule has 0 atom stereocenters. The molecule has 0 saturated carbocycles. The van der Waals surface area contributed by atoms with Gasteiger partial charge in [-0.2, -0.15) is 4.98 Å². The van der Waals surface area contributed by atoms with Crippen molar-refractivity contribution in [2.45, 2.75) is 12.3 Å². The van der Waals surface area contributed by atoms with Gasteiger partial charge in [0.2, 0.25) is 5.89 Å². The number of halogens is 2. The molecule has 1 aromatic heterocycles. The maximum Gasteiger partial charge on any atom is 0.254 e. The highest BCUT2D eigenvalue weighted by Crippen LogP contribution is 2.27. The minimum atomic E-state index is -1.03. The third kappa shape index (κ3) is 3.20. The minimum Gasteiger partial charge on any atom is -0.339 e. The lowest BCUT2D eigenvalue weighted by Gasteiger charge is -2.37. The summed E-state index contributed by atoms with van der Waals surface area (Å²) in [6, 6.07) is 13.0. The highest BCUT2D eigenvalue weighted by Gasteiger charge is 2.36. The number of rotatable bonds is 4. The van der Waals surface area contributed by atoms with Gasteiger partial charge in [0.05, 0.1) is 5.92 Å². The molecular formula is C19H15F2N3O2. The number of hydrogen-bond acceptors (Lipinski definition) is 4. The first-order chi connectivity index (χ1) is 12.6. The van der Waals surface area contributed by atoms with Crippen LogP contribution in [0.5, 0.6) is 0 Å². The van der Waals surface area contributed by atoms with Gasteiger partial charge in [0.15, 0.2) is 17.5 Å². The number of benzene rings is 2. The summed E-state index contributed by atoms with van der Waals surface area (Å²) in [6.07, 6.45) is 0.578. The average molecular weight is 355 g/mol. The molecule has 1 aliphatic heterocycles. The Morgan fingerprint density at radius 1 is 1.12 bits per heavy atom. The SMILES string of the molecule is O=C(c1ccc(F)c(F)c1)N1CC(c2nc(Cc3ccccc3)no2)C1. The summed E-state index contributed by atoms with van der Waals surface area (Å²) in [5, 5.41) is 3.98. The second kappa shape index (κ2) is 6.67. The lowest BCUT2D eigenvalue weighted by Crippen LogP contribution is -2.48. The Balaban J connectivity index is 1.37. The Labute approximate surface area is 148 Å². The normalized spacial score (nSPS) is 14.3. The van der Waals surface area contributed by atoms with Crippen molar-refractivity contribution >= 4 is 5.91 Å². The number of nitrogens with zero attached hydrogens (tertiary/aromatic N) is 3. The van der Waals surface area contributed by atoms with Crippen molar-refractivity contribution in [3.05, 3.63) is 83.0 Å². The largest absolute Gasteiger partial charge is 0.339 e. The van der Waals surface area contributed by atoms with Crippen LogP contribution in [0.25, 0.3) is 0 Å². The maximum absolute atomic E-state index is 13.3. The Kier molecular flexibility index (Phi) is 4.20. The number of aromatic nitrogens is 2. The van der Waals surface area contributed by atoms with Gasteiger partial charge in [-0.25, -0.2) is 8.78 Å². The Morgan fingerprint density at radius 2 is 1.88 bits per heavy atom. The topological polar surface area (TPSA) is 59.2 Å². The highest BCUT2D eigenvalue weighted by molar-refractivity contribution is 5.94. The Morgan fingerprint density at radius 3 is 2.62 bits per heavy atom. The van der Waals surface area contributed by atoms with Crippen LogP contribution in [0.1, 0.15) is 33.6 Å². The van der Waals surface area contributed by atoms with Crippen LogP contribution in [-0.2, 0) is 6.42 Å². The van der Waals surface area contributed by atoms with Gasteiger partial charge in [0.25, 0.3) is 5.91 Å². The molecule has 0 aliphatic carbocycles. The highest BCUT2D eigenvalue weighted by atomic mass is 19.2. The van der Waals surface area contributed by atoms with Gasteiger partial charge in [-0.1, -0.05) is 35.5 Å². The molecule has 1 amide bonds. The van der Waals surface area contributed by atoms with Crippen LogP contribution in [0, 0.1) is 11.6 Å². The van der Waals surface area contributed by atoms with E-state index in [0.29, 0.717) is 31.2 Å². The fourth-order valence-electron chi connectivity index (χ4n) is 2.90. The lowest BCUT2D eigenvalue weighted by molar-refractivity contribution is 0.0568. The number of carbonyl (C=O) groups excluding carboxylic acids is 1. The monoisotopic (exact) mass is 355 g/mol. The van der Waals surface area contributed by atoms with E-state index >= 15 is 0 Å². The zero-order valence-electron chi connectivity index (χ0n) is 13.7. The van der Waals surface area contributed by atoms with Gasteiger partial charge in [0, 0.05) is 25.1 Å². The van der Waals surface area contributed by atoms with Gasteiger partial charge < -0.3 is 9.42 Å². The smallest absolute Gasteiger partial charge is 0.254 e. The molecular weight excluding hydrogens is 340 g/mol. The van der Waals surface area contributed by atoms with Crippen LogP contribution in [0.4, 0.5) is 8.78 Å². The van der Waals surface area contributed by atoms with Crippen LogP contribution in [0.15, 0.2) is 53.1 Å². The zero-order valence-corrected chi connectivity index (χ0v) is 13.7. The summed E-state index contributed by atoms with van der Waals surface area (Å²) < 4.78 is 31.5. The molecule has 7 heteroatoms. The second-order valence-corrected chi connectivity index (χ2v) is 6.25. The summed E-state index contributed by atoms with van der Waals surface area (Å²) in [5.74, 6) is -1.30. The summed E-state index contributed by atoms with van der Waals surface area (Å²) in [4.78, 5) is 18.2. The molecule has 1 aliphatic rings. The van der Waals surface area contributed by atoms with Gasteiger partial charge >= 0.3 is 0 Å². The van der Waals surface area contributed by atoms with E-state index in [2.05, 4.69) is 10.1 Å². The first-order valence-electron chi connectivity index (χ1n) is 8.21. The van der Waals surface area contributed by atoms with Crippen LogP contribution in [-0.4, -0.2) is 34.0 Å². The van der Waals surface area contributed by atoms with E-state index in [4.69, 9.17) is 4.52 Å². The molecule has 5 nitrogen and oxygen atoms in total. The van der Waals surface area contributed by atoms with Crippen LogP contribution >= 0.6 is 0 Å². The zero-order chi connectivity index (χ0) is 18.1. The summed E-state index contributed by atoms with van der Waals surface area (Å²) in [7, 11) is 0. The van der Waals surface area contributed by atoms with Crippen molar-refractivity contribution in [3.63, 3.8) is 0 Å². The molecule has 1 saturated heterocycles. The molecule has 4 rings (SSSR count). The lowest BCUT2D eigenvalue weighted by atomic mass is 9.98. The fraction of sp³-hybridized carbons (Fsp3) is 0.211. The summed E-state index contributed by atoms with van der Waals surface area (Å²) in [6.45, 7) is 0.815. The van der Waals surface area contributed by atoms with Crippen molar-refractivity contribution in [2.75, 3.05) is 13.1 Å². The standard InChI is InChI=1S/C19H15F2N3O2/c20-15-7-6-13(9-16(15)21)19(25)24-10-14(11-24)18-22-17(23-26-18)8-12-4-2-1-3-5-12/h1-7,9,14H,8,10-11H2. The van der Waals surface area contributed by atoms with E-state index in [1.165, 1.54) is 6.07 Å². The van der Waals surface area contributed by atoms with Gasteiger partial charge in [0.1, 0.15) is 0 Å². The number of hydrogen-bond donors (Lipinski definition) is 0. The molecule has 0 unspecified atom stereocenters. The molecule has 0 bridgehead atoms. The third-order valence-electron chi connectivity index (χ3n) is 4.37. The molecule has 0 N–H and O–H groups in total. The molecule has 3 aromatic rings. The molecule has 26 heavy (non-hydrogen) atoms. The van der Waals surface area contributed by atoms with E-state index in [1.807, 2.05) is 30.3 Å². The first-order valence-corrected chi connectivity index (χ1v) is 8.21. The molecule has 1 fully saturated rings. The van der Waals surface area contributed by atoms with E-state index in [1.54, 1.807) is 4.90 Å². The van der Waals surface area contributed by atoms with E-state index in [9.17, 15) is 13.6 Å². The maximum atomic E-state index is 13.3. The van der Waals surface area contributed by atoms with Crippen molar-refractivity contribution in [3.8, 4) is 0 Å². The predicted octanol–water partition coefficient (Wildman–Crippen LogP) is 3.18. The van der Waals surface area contributed by atoms with Crippen LogP contribution in [0.3, 0.4) is 0 Å². The van der Waals surface area contributed by atoms with Crippen LogP contribution < -0.4 is 0 Å². The van der Waals surface area contributed by atoms with Crippen molar-refractivity contribution in [1.29, 1.82) is 0 Å². The number of carbonyl (C=O) groups is 1. The predicted molar refractivity (Wildman–Crippen MR) is 88.5 cm³/mol. The van der Waals surface area contributed by atoms with Gasteiger partial charge in [-0.05, 0) is 23.8 Å². The molecule has 2 heterocycles. The van der Waals surface area contributed by atoms with Crippen molar-refractivity contribution in [2.24, 2.45) is 0 Å². The van der Waals surface area contributed by atoms with Crippen molar-refractivity contribution < 1.29 is 18.1 Å². The fourth-order valence-corrected chi connectivity index (χ4v) is 2.90. The number of likely N-dealkylation sites (tertiary alicyclic amines) is 1. The minimum absolute atomic E-state index is 0.0405. The van der Waals surface area contributed by atoms with Crippen molar-refractivity contribution in [1.82, 2.24) is 15.0 Å².